The first-order valence-electron chi connectivity index (χ1n) is 7.93. The van der Waals surface area contributed by atoms with Crippen molar-refractivity contribution in [2.24, 2.45) is 0 Å². The van der Waals surface area contributed by atoms with Gasteiger partial charge in [0.05, 0.1) is 12.7 Å². The van der Waals surface area contributed by atoms with Crippen LogP contribution in [0, 0.1) is 10.5 Å². The quantitative estimate of drug-likeness (QED) is 0.418. The van der Waals surface area contributed by atoms with E-state index in [4.69, 9.17) is 17.0 Å². The van der Waals surface area contributed by atoms with Crippen LogP contribution in [-0.4, -0.2) is 18.1 Å². The van der Waals surface area contributed by atoms with E-state index < -0.39 is 0 Å². The van der Waals surface area contributed by atoms with Gasteiger partial charge < -0.3 is 10.1 Å². The summed E-state index contributed by atoms with van der Waals surface area (Å²) in [6, 6.07) is 17.4. The topological polar surface area (TPSA) is 50.4 Å². The van der Waals surface area contributed by atoms with Crippen molar-refractivity contribution in [2.45, 2.75) is 6.92 Å². The van der Waals surface area contributed by atoms with Gasteiger partial charge in [0.2, 0.25) is 0 Å². The van der Waals surface area contributed by atoms with Gasteiger partial charge in [-0.05, 0) is 88.4 Å². The van der Waals surface area contributed by atoms with Gasteiger partial charge in [-0.3, -0.25) is 10.1 Å². The predicted molar refractivity (Wildman–Crippen MR) is 118 cm³/mol. The molecule has 0 saturated heterocycles. The number of nitrogens with one attached hydrogen (secondary N) is 2. The molecule has 0 heterocycles. The van der Waals surface area contributed by atoms with Crippen molar-refractivity contribution in [2.75, 3.05) is 12.4 Å². The highest BCUT2D eigenvalue weighted by molar-refractivity contribution is 14.1. The molecule has 0 saturated carbocycles. The molecule has 2 N–H and O–H groups in total. The van der Waals surface area contributed by atoms with Crippen molar-refractivity contribution in [3.05, 3.63) is 69.3 Å². The van der Waals surface area contributed by atoms with Crippen molar-refractivity contribution >= 4 is 62.3 Å². The molecular formula is C20H17IN2O2S. The zero-order chi connectivity index (χ0) is 18.7. The molecule has 0 fully saturated rings. The van der Waals surface area contributed by atoms with Gasteiger partial charge in [0.15, 0.2) is 5.11 Å². The molecule has 0 aliphatic carbocycles. The van der Waals surface area contributed by atoms with Crippen LogP contribution in [0.25, 0.3) is 10.8 Å². The van der Waals surface area contributed by atoms with Crippen LogP contribution in [0.5, 0.6) is 5.75 Å². The van der Waals surface area contributed by atoms with E-state index in [1.54, 1.807) is 7.11 Å². The fourth-order valence-corrected chi connectivity index (χ4v) is 3.51. The van der Waals surface area contributed by atoms with Crippen LogP contribution in [0.2, 0.25) is 0 Å². The highest BCUT2D eigenvalue weighted by Gasteiger charge is 2.15. The first kappa shape index (κ1) is 18.6. The van der Waals surface area contributed by atoms with Crippen LogP contribution in [0.4, 0.5) is 5.69 Å². The number of amides is 1. The van der Waals surface area contributed by atoms with Crippen LogP contribution >= 0.6 is 34.8 Å². The minimum absolute atomic E-state index is 0.245. The Hall–Kier alpha value is -2.19. The van der Waals surface area contributed by atoms with Crippen molar-refractivity contribution in [3.8, 4) is 5.75 Å². The zero-order valence-electron chi connectivity index (χ0n) is 14.3. The molecule has 0 radical (unpaired) electrons. The number of thiocarbonyl (C=S) groups is 1. The predicted octanol–water partition coefficient (Wildman–Crippen LogP) is 4.89. The Labute approximate surface area is 171 Å². The number of anilines is 1. The van der Waals surface area contributed by atoms with Crippen LogP contribution < -0.4 is 15.4 Å². The third kappa shape index (κ3) is 4.13. The number of aryl methyl sites for hydroxylation is 1. The Kier molecular flexibility index (Phi) is 5.73. The maximum atomic E-state index is 12.7. The molecule has 0 aromatic heterocycles. The summed E-state index contributed by atoms with van der Waals surface area (Å²) in [6.07, 6.45) is 0. The maximum Gasteiger partial charge on any atom is 0.261 e. The van der Waals surface area contributed by atoms with E-state index in [9.17, 15) is 4.79 Å². The van der Waals surface area contributed by atoms with E-state index in [0.717, 1.165) is 25.6 Å². The van der Waals surface area contributed by atoms with Gasteiger partial charge in [0.1, 0.15) is 5.75 Å². The fraction of sp³-hybridized carbons (Fsp3) is 0.100. The summed E-state index contributed by atoms with van der Waals surface area (Å²) in [7, 11) is 1.55. The molecule has 1 amide bonds. The second-order valence-electron chi connectivity index (χ2n) is 5.77. The fourth-order valence-electron chi connectivity index (χ4n) is 2.66. The number of hydrogen-bond acceptors (Lipinski definition) is 3. The summed E-state index contributed by atoms with van der Waals surface area (Å²) in [5, 5.41) is 8.01. The number of fused-ring (bicyclic) bond motifs is 1. The average Bonchev–Trinajstić information content (AvgIpc) is 2.62. The van der Waals surface area contributed by atoms with Crippen LogP contribution in [0.15, 0.2) is 54.6 Å². The largest absolute Gasteiger partial charge is 0.496 e. The molecule has 132 valence electrons. The van der Waals surface area contributed by atoms with Crippen LogP contribution in [-0.2, 0) is 0 Å². The van der Waals surface area contributed by atoms with E-state index in [2.05, 4.69) is 33.2 Å². The SMILES string of the molecule is COc1cc2ccccc2cc1C(=O)NC(=S)Nc1ccc(I)cc1C. The first-order valence-corrected chi connectivity index (χ1v) is 9.42. The lowest BCUT2D eigenvalue weighted by molar-refractivity contribution is 0.0975. The van der Waals surface area contributed by atoms with Gasteiger partial charge >= 0.3 is 0 Å². The average molecular weight is 476 g/mol. The maximum absolute atomic E-state index is 12.7. The molecule has 4 nitrogen and oxygen atoms in total. The van der Waals surface area contributed by atoms with E-state index >= 15 is 0 Å². The van der Waals surface area contributed by atoms with Gasteiger partial charge in [-0.2, -0.15) is 0 Å². The summed E-state index contributed by atoms with van der Waals surface area (Å²) >= 11 is 7.55. The number of rotatable bonds is 3. The Bertz CT molecular complexity index is 1000. The van der Waals surface area contributed by atoms with Crippen LogP contribution in [0.1, 0.15) is 15.9 Å². The van der Waals surface area contributed by atoms with E-state index in [1.807, 2.05) is 61.5 Å². The van der Waals surface area contributed by atoms with Gasteiger partial charge in [0, 0.05) is 9.26 Å². The Balaban J connectivity index is 1.80. The number of carbonyl (C=O) groups is 1. The third-order valence-electron chi connectivity index (χ3n) is 3.98. The van der Waals surface area contributed by atoms with Crippen molar-refractivity contribution in [1.82, 2.24) is 5.32 Å². The second-order valence-corrected chi connectivity index (χ2v) is 7.42. The number of carbonyl (C=O) groups excluding carboxylic acids is 1. The van der Waals surface area contributed by atoms with E-state index in [-0.39, 0.29) is 11.0 Å². The number of halogens is 1. The molecule has 6 heteroatoms. The molecule has 0 atom stereocenters. The van der Waals surface area contributed by atoms with Gasteiger partial charge in [0.25, 0.3) is 5.91 Å². The second kappa shape index (κ2) is 8.01. The lowest BCUT2D eigenvalue weighted by atomic mass is 10.1. The van der Waals surface area contributed by atoms with Crippen molar-refractivity contribution in [1.29, 1.82) is 0 Å². The Morgan fingerprint density at radius 2 is 1.77 bits per heavy atom. The van der Waals surface area contributed by atoms with Crippen molar-refractivity contribution in [3.63, 3.8) is 0 Å². The highest BCUT2D eigenvalue weighted by atomic mass is 127. The first-order chi connectivity index (χ1) is 12.5. The molecule has 3 rings (SSSR count). The molecule has 3 aromatic rings. The molecule has 26 heavy (non-hydrogen) atoms. The molecule has 0 unspecified atom stereocenters. The summed E-state index contributed by atoms with van der Waals surface area (Å²) < 4.78 is 6.52. The monoisotopic (exact) mass is 476 g/mol. The molecular weight excluding hydrogens is 459 g/mol. The summed E-state index contributed by atoms with van der Waals surface area (Å²) in [5.74, 6) is 0.197. The molecule has 3 aromatic carbocycles. The number of benzene rings is 3. The lowest BCUT2D eigenvalue weighted by Crippen LogP contribution is -2.34. The highest BCUT2D eigenvalue weighted by Crippen LogP contribution is 2.26. The summed E-state index contributed by atoms with van der Waals surface area (Å²) in [4.78, 5) is 12.7. The van der Waals surface area contributed by atoms with Gasteiger partial charge in [-0.25, -0.2) is 0 Å². The minimum Gasteiger partial charge on any atom is -0.496 e. The number of methoxy groups -OCH3 is 1. The normalized spacial score (nSPS) is 10.4. The molecule has 0 aliphatic rings. The minimum atomic E-state index is -0.312. The van der Waals surface area contributed by atoms with Gasteiger partial charge in [-0.15, -0.1) is 0 Å². The number of hydrogen-bond donors (Lipinski definition) is 2. The van der Waals surface area contributed by atoms with E-state index in [0.29, 0.717) is 11.3 Å². The molecule has 0 bridgehead atoms. The van der Waals surface area contributed by atoms with Crippen LogP contribution in [0.3, 0.4) is 0 Å². The van der Waals surface area contributed by atoms with Crippen molar-refractivity contribution < 1.29 is 9.53 Å². The standard InChI is InChI=1S/C20H17IN2O2S/c1-12-9-15(21)7-8-17(12)22-20(26)23-19(24)16-10-13-5-3-4-6-14(13)11-18(16)25-2/h3-11H,1-2H3,(H2,22,23,24,26). The van der Waals surface area contributed by atoms with Gasteiger partial charge in [-0.1, -0.05) is 24.3 Å². The Morgan fingerprint density at radius 1 is 1.08 bits per heavy atom. The zero-order valence-corrected chi connectivity index (χ0v) is 17.3. The number of ether oxygens (including phenoxy) is 1. The lowest BCUT2D eigenvalue weighted by Gasteiger charge is -2.14. The smallest absolute Gasteiger partial charge is 0.261 e. The molecule has 0 aliphatic heterocycles. The van der Waals surface area contributed by atoms with E-state index in [1.165, 1.54) is 0 Å². The molecule has 0 spiro atoms. The summed E-state index contributed by atoms with van der Waals surface area (Å²) in [6.45, 7) is 1.99. The Morgan fingerprint density at radius 3 is 2.42 bits per heavy atom. The third-order valence-corrected chi connectivity index (χ3v) is 4.85. The summed E-state index contributed by atoms with van der Waals surface area (Å²) in [5.41, 5.74) is 2.35.